The maximum Gasteiger partial charge on any atom is 0.228 e. The number of carbonyl (C=O) groups excluding carboxylic acids is 2. The zero-order valence-corrected chi connectivity index (χ0v) is 17.6. The lowest BCUT2D eigenvalue weighted by Crippen LogP contribution is -2.14. The third kappa shape index (κ3) is 5.40. The van der Waals surface area contributed by atoms with Crippen molar-refractivity contribution in [2.45, 2.75) is 13.3 Å². The fourth-order valence-corrected chi connectivity index (χ4v) is 3.87. The number of nitrogens with zero attached hydrogens (tertiary/aromatic N) is 2. The van der Waals surface area contributed by atoms with Gasteiger partial charge in [0, 0.05) is 35.4 Å². The first-order valence-corrected chi connectivity index (χ1v) is 10.6. The smallest absolute Gasteiger partial charge is 0.228 e. The summed E-state index contributed by atoms with van der Waals surface area (Å²) in [7, 11) is 0. The summed E-state index contributed by atoms with van der Waals surface area (Å²) >= 11 is 1.54. The first-order valence-electron chi connectivity index (χ1n) is 9.70. The molecule has 2 amide bonds. The molecule has 154 valence electrons. The van der Waals surface area contributed by atoms with Crippen LogP contribution in [0, 0.1) is 0 Å². The van der Waals surface area contributed by atoms with Gasteiger partial charge in [-0.1, -0.05) is 30.3 Å². The molecule has 4 aromatic rings. The van der Waals surface area contributed by atoms with Crippen molar-refractivity contribution in [3.63, 3.8) is 0 Å². The van der Waals surface area contributed by atoms with Gasteiger partial charge in [0.25, 0.3) is 0 Å². The van der Waals surface area contributed by atoms with Gasteiger partial charge in [-0.25, -0.2) is 4.98 Å². The van der Waals surface area contributed by atoms with Gasteiger partial charge in [-0.2, -0.15) is 0 Å². The van der Waals surface area contributed by atoms with E-state index < -0.39 is 0 Å². The normalized spacial score (nSPS) is 10.5. The summed E-state index contributed by atoms with van der Waals surface area (Å²) in [5, 5.41) is 8.49. The molecular weight excluding hydrogens is 408 g/mol. The van der Waals surface area contributed by atoms with Crippen LogP contribution < -0.4 is 10.6 Å². The summed E-state index contributed by atoms with van der Waals surface area (Å²) in [5.41, 5.74) is 4.89. The van der Waals surface area contributed by atoms with Gasteiger partial charge in [0.05, 0.1) is 17.8 Å². The van der Waals surface area contributed by atoms with Crippen molar-refractivity contribution in [1.82, 2.24) is 9.97 Å². The summed E-state index contributed by atoms with van der Waals surface area (Å²) in [6.07, 6.45) is 1.99. The lowest BCUT2D eigenvalue weighted by Gasteiger charge is -2.08. The lowest BCUT2D eigenvalue weighted by molar-refractivity contribution is -0.116. The van der Waals surface area contributed by atoms with Gasteiger partial charge in [-0.3, -0.25) is 14.6 Å². The van der Waals surface area contributed by atoms with E-state index in [2.05, 4.69) is 20.6 Å². The molecule has 0 bridgehead atoms. The first-order chi connectivity index (χ1) is 15.1. The number of hydrogen-bond donors (Lipinski definition) is 2. The molecule has 2 aromatic carbocycles. The molecule has 2 N–H and O–H groups in total. The first kappa shape index (κ1) is 20.4. The third-order valence-corrected chi connectivity index (χ3v) is 5.33. The van der Waals surface area contributed by atoms with Gasteiger partial charge < -0.3 is 10.6 Å². The Morgan fingerprint density at radius 1 is 0.903 bits per heavy atom. The van der Waals surface area contributed by atoms with E-state index in [0.717, 1.165) is 27.5 Å². The SMILES string of the molecule is CC(=O)Nc1ccc(CC(=O)Nc2cccc(-c3csc(-c4ccccn4)n3)c2)cc1. The van der Waals surface area contributed by atoms with Crippen molar-refractivity contribution in [1.29, 1.82) is 0 Å². The number of pyridine rings is 1. The molecule has 0 saturated carbocycles. The zero-order valence-electron chi connectivity index (χ0n) is 16.8. The number of thiazole rings is 1. The number of anilines is 2. The summed E-state index contributed by atoms with van der Waals surface area (Å²) in [6.45, 7) is 1.46. The average Bonchev–Trinajstić information content (AvgIpc) is 3.26. The highest BCUT2D eigenvalue weighted by Gasteiger charge is 2.09. The third-order valence-electron chi connectivity index (χ3n) is 4.47. The van der Waals surface area contributed by atoms with Crippen molar-refractivity contribution >= 4 is 34.5 Å². The number of rotatable bonds is 6. The van der Waals surface area contributed by atoms with E-state index in [9.17, 15) is 9.59 Å². The minimum Gasteiger partial charge on any atom is -0.326 e. The number of amides is 2. The van der Waals surface area contributed by atoms with Crippen LogP contribution in [0.1, 0.15) is 12.5 Å². The van der Waals surface area contributed by atoms with Crippen LogP contribution in [0.4, 0.5) is 11.4 Å². The van der Waals surface area contributed by atoms with E-state index in [-0.39, 0.29) is 18.2 Å². The molecule has 0 saturated heterocycles. The fraction of sp³-hybridized carbons (Fsp3) is 0.0833. The monoisotopic (exact) mass is 428 g/mol. The molecule has 31 heavy (non-hydrogen) atoms. The molecule has 0 aliphatic carbocycles. The van der Waals surface area contributed by atoms with Crippen LogP contribution in [-0.4, -0.2) is 21.8 Å². The number of aromatic nitrogens is 2. The second-order valence-electron chi connectivity index (χ2n) is 6.94. The lowest BCUT2D eigenvalue weighted by atomic mass is 10.1. The Kier molecular flexibility index (Phi) is 6.14. The average molecular weight is 429 g/mol. The number of hydrogen-bond acceptors (Lipinski definition) is 5. The van der Waals surface area contributed by atoms with Crippen molar-refractivity contribution in [2.75, 3.05) is 10.6 Å². The van der Waals surface area contributed by atoms with Crippen LogP contribution in [0.3, 0.4) is 0 Å². The molecule has 7 heteroatoms. The molecule has 0 aliphatic heterocycles. The Morgan fingerprint density at radius 2 is 1.74 bits per heavy atom. The van der Waals surface area contributed by atoms with E-state index in [4.69, 9.17) is 0 Å². The molecule has 2 aromatic heterocycles. The molecule has 6 nitrogen and oxygen atoms in total. The predicted molar refractivity (Wildman–Crippen MR) is 124 cm³/mol. The second kappa shape index (κ2) is 9.32. The van der Waals surface area contributed by atoms with Crippen LogP contribution >= 0.6 is 11.3 Å². The summed E-state index contributed by atoms with van der Waals surface area (Å²) in [6, 6.07) is 20.6. The van der Waals surface area contributed by atoms with E-state index in [0.29, 0.717) is 11.4 Å². The summed E-state index contributed by atoms with van der Waals surface area (Å²) < 4.78 is 0. The fourth-order valence-electron chi connectivity index (χ4n) is 3.07. The largest absolute Gasteiger partial charge is 0.326 e. The summed E-state index contributed by atoms with van der Waals surface area (Å²) in [5.74, 6) is -0.241. The maximum absolute atomic E-state index is 12.5. The topological polar surface area (TPSA) is 84.0 Å². The molecule has 4 rings (SSSR count). The highest BCUT2D eigenvalue weighted by molar-refractivity contribution is 7.13. The maximum atomic E-state index is 12.5. The Morgan fingerprint density at radius 3 is 2.48 bits per heavy atom. The number of carbonyl (C=O) groups is 2. The Balaban J connectivity index is 1.42. The van der Waals surface area contributed by atoms with Crippen LogP contribution in [0.15, 0.2) is 78.3 Å². The van der Waals surface area contributed by atoms with E-state index in [1.54, 1.807) is 18.3 Å². The number of nitrogens with one attached hydrogen (secondary N) is 2. The predicted octanol–water partition coefficient (Wildman–Crippen LogP) is 5.01. The van der Waals surface area contributed by atoms with Gasteiger partial charge >= 0.3 is 0 Å². The summed E-state index contributed by atoms with van der Waals surface area (Å²) in [4.78, 5) is 32.6. The van der Waals surface area contributed by atoms with Crippen molar-refractivity contribution < 1.29 is 9.59 Å². The molecule has 0 fully saturated rings. The Bertz CT molecular complexity index is 1200. The highest BCUT2D eigenvalue weighted by Crippen LogP contribution is 2.29. The minimum absolute atomic E-state index is 0.114. The van der Waals surface area contributed by atoms with Crippen LogP contribution in [0.25, 0.3) is 22.0 Å². The van der Waals surface area contributed by atoms with Gasteiger partial charge in [0.1, 0.15) is 5.01 Å². The molecule has 0 radical (unpaired) electrons. The van der Waals surface area contributed by atoms with Crippen molar-refractivity contribution in [2.24, 2.45) is 0 Å². The van der Waals surface area contributed by atoms with Crippen LogP contribution in [0.2, 0.25) is 0 Å². The van der Waals surface area contributed by atoms with Gasteiger partial charge in [0.2, 0.25) is 11.8 Å². The zero-order chi connectivity index (χ0) is 21.6. The van der Waals surface area contributed by atoms with Crippen molar-refractivity contribution in [3.8, 4) is 22.0 Å². The van der Waals surface area contributed by atoms with Gasteiger partial charge in [-0.05, 0) is 42.0 Å². The Labute approximate surface area is 184 Å². The quantitative estimate of drug-likeness (QED) is 0.452. The standard InChI is InChI=1S/C24H20N4O2S/c1-16(29)26-19-10-8-17(9-11-19)13-23(30)27-20-6-4-5-18(14-20)22-15-31-24(28-22)21-7-2-3-12-25-21/h2-12,14-15H,13H2,1H3,(H,26,29)(H,27,30). The molecule has 0 aliphatic rings. The number of benzene rings is 2. The Hall–Kier alpha value is -3.84. The van der Waals surface area contributed by atoms with E-state index in [1.165, 1.54) is 18.3 Å². The molecule has 2 heterocycles. The highest BCUT2D eigenvalue weighted by atomic mass is 32.1. The molecule has 0 spiro atoms. The van der Waals surface area contributed by atoms with Gasteiger partial charge in [-0.15, -0.1) is 11.3 Å². The molecular formula is C24H20N4O2S. The van der Waals surface area contributed by atoms with Crippen molar-refractivity contribution in [3.05, 3.63) is 83.9 Å². The van der Waals surface area contributed by atoms with Crippen LogP contribution in [0.5, 0.6) is 0 Å². The molecule has 0 atom stereocenters. The van der Waals surface area contributed by atoms with E-state index >= 15 is 0 Å². The molecule has 0 unspecified atom stereocenters. The van der Waals surface area contributed by atoms with Crippen LogP contribution in [-0.2, 0) is 16.0 Å². The van der Waals surface area contributed by atoms with Gasteiger partial charge in [0.15, 0.2) is 0 Å². The second-order valence-corrected chi connectivity index (χ2v) is 7.79. The van der Waals surface area contributed by atoms with E-state index in [1.807, 2.05) is 60.0 Å². The minimum atomic E-state index is -0.127.